The van der Waals surface area contributed by atoms with Gasteiger partial charge in [0.1, 0.15) is 11.4 Å². The van der Waals surface area contributed by atoms with E-state index < -0.39 is 10.8 Å². The highest BCUT2D eigenvalue weighted by Gasteiger charge is 2.13. The van der Waals surface area contributed by atoms with Gasteiger partial charge in [-0.15, -0.1) is 0 Å². The van der Waals surface area contributed by atoms with Crippen LogP contribution in [0, 0.1) is 10.1 Å². The van der Waals surface area contributed by atoms with Crippen molar-refractivity contribution in [3.63, 3.8) is 0 Å². The van der Waals surface area contributed by atoms with Crippen LogP contribution in [0.4, 0.5) is 11.4 Å². The lowest BCUT2D eigenvalue weighted by Gasteiger charge is -2.08. The minimum absolute atomic E-state index is 0.138. The summed E-state index contributed by atoms with van der Waals surface area (Å²) in [7, 11) is 1.53. The van der Waals surface area contributed by atoms with Gasteiger partial charge in [0, 0.05) is 22.2 Å². The number of nitro benzene ring substituents is 1. The molecule has 0 aliphatic carbocycles. The maximum atomic E-state index is 12.0. The quantitative estimate of drug-likeness (QED) is 0.399. The minimum atomic E-state index is -0.548. The predicted octanol–water partition coefficient (Wildman–Crippen LogP) is 4.78. The molecule has 0 heterocycles. The molecule has 0 saturated carbocycles. The molecular formula is C16H12Br2N2O4. The summed E-state index contributed by atoms with van der Waals surface area (Å²) in [5.41, 5.74) is 0.651. The maximum absolute atomic E-state index is 12.0. The number of carbonyl (C=O) groups is 1. The van der Waals surface area contributed by atoms with Crippen molar-refractivity contribution >= 4 is 55.2 Å². The van der Waals surface area contributed by atoms with E-state index in [0.29, 0.717) is 11.3 Å². The van der Waals surface area contributed by atoms with Crippen LogP contribution in [0.25, 0.3) is 6.08 Å². The molecule has 1 amide bonds. The van der Waals surface area contributed by atoms with Crippen LogP contribution in [-0.2, 0) is 4.79 Å². The van der Waals surface area contributed by atoms with Gasteiger partial charge < -0.3 is 10.1 Å². The Hall–Kier alpha value is -2.19. The van der Waals surface area contributed by atoms with E-state index >= 15 is 0 Å². The molecule has 8 heteroatoms. The zero-order chi connectivity index (χ0) is 17.7. The lowest BCUT2D eigenvalue weighted by atomic mass is 10.2. The van der Waals surface area contributed by atoms with Crippen molar-refractivity contribution in [3.05, 3.63) is 67.1 Å². The van der Waals surface area contributed by atoms with E-state index in [0.717, 1.165) is 8.95 Å². The number of nitro groups is 1. The molecule has 24 heavy (non-hydrogen) atoms. The smallest absolute Gasteiger partial charge is 0.292 e. The Morgan fingerprint density at radius 3 is 2.67 bits per heavy atom. The summed E-state index contributed by atoms with van der Waals surface area (Å²) in [6, 6.07) is 9.56. The zero-order valence-corrected chi connectivity index (χ0v) is 15.6. The molecule has 0 bridgehead atoms. The van der Waals surface area contributed by atoms with Gasteiger partial charge in [0.05, 0.1) is 16.5 Å². The molecule has 1 N–H and O–H groups in total. The van der Waals surface area contributed by atoms with Crippen LogP contribution in [-0.4, -0.2) is 17.9 Å². The number of rotatable bonds is 5. The normalized spacial score (nSPS) is 10.6. The van der Waals surface area contributed by atoms with Gasteiger partial charge in [0.25, 0.3) is 5.69 Å². The number of halogens is 2. The van der Waals surface area contributed by atoms with E-state index in [2.05, 4.69) is 37.2 Å². The van der Waals surface area contributed by atoms with Crippen molar-refractivity contribution in [2.45, 2.75) is 0 Å². The van der Waals surface area contributed by atoms with Crippen LogP contribution < -0.4 is 10.1 Å². The standard InChI is InChI=1S/C16H12Br2N2O4/c1-24-16-10(8-11(17)9-12(16)18)6-7-15(21)19-13-4-2-3-5-14(13)20(22)23/h2-9H,1H3,(H,19,21)/b7-6+. The average Bonchev–Trinajstić information content (AvgIpc) is 2.52. The van der Waals surface area contributed by atoms with Crippen molar-refractivity contribution in [2.24, 2.45) is 0 Å². The van der Waals surface area contributed by atoms with Crippen molar-refractivity contribution in [1.29, 1.82) is 0 Å². The third-order valence-electron chi connectivity index (χ3n) is 3.01. The number of nitrogens with one attached hydrogen (secondary N) is 1. The molecule has 0 aromatic heterocycles. The number of para-hydroxylation sites is 2. The number of carbonyl (C=O) groups excluding carboxylic acids is 1. The van der Waals surface area contributed by atoms with Gasteiger partial charge in [0.2, 0.25) is 5.91 Å². The first-order valence-corrected chi connectivity index (χ1v) is 8.26. The number of ether oxygens (including phenoxy) is 1. The Bertz CT molecular complexity index is 822. The molecule has 0 atom stereocenters. The van der Waals surface area contributed by atoms with E-state index in [1.54, 1.807) is 18.2 Å². The summed E-state index contributed by atoms with van der Waals surface area (Å²) in [6.45, 7) is 0. The fourth-order valence-electron chi connectivity index (χ4n) is 2.00. The number of nitrogens with zero attached hydrogens (tertiary/aromatic N) is 1. The lowest BCUT2D eigenvalue weighted by molar-refractivity contribution is -0.383. The molecular weight excluding hydrogens is 444 g/mol. The highest BCUT2D eigenvalue weighted by molar-refractivity contribution is 9.11. The highest BCUT2D eigenvalue weighted by atomic mass is 79.9. The number of hydrogen-bond donors (Lipinski definition) is 1. The van der Waals surface area contributed by atoms with Crippen LogP contribution in [0.5, 0.6) is 5.75 Å². The Balaban J connectivity index is 2.22. The second-order valence-electron chi connectivity index (χ2n) is 4.61. The molecule has 124 valence electrons. The molecule has 0 fully saturated rings. The Labute approximate surface area is 154 Å². The monoisotopic (exact) mass is 454 g/mol. The van der Waals surface area contributed by atoms with E-state index in [9.17, 15) is 14.9 Å². The van der Waals surface area contributed by atoms with Gasteiger partial charge in [-0.1, -0.05) is 28.1 Å². The summed E-state index contributed by atoms with van der Waals surface area (Å²) in [5, 5.41) is 13.4. The number of amides is 1. The highest BCUT2D eigenvalue weighted by Crippen LogP contribution is 2.33. The van der Waals surface area contributed by atoms with E-state index in [1.807, 2.05) is 6.07 Å². The first-order valence-electron chi connectivity index (χ1n) is 6.68. The van der Waals surface area contributed by atoms with Crippen molar-refractivity contribution in [2.75, 3.05) is 12.4 Å². The molecule has 2 aromatic carbocycles. The summed E-state index contributed by atoms with van der Waals surface area (Å²) >= 11 is 6.75. The van der Waals surface area contributed by atoms with Gasteiger partial charge in [-0.05, 0) is 40.2 Å². The molecule has 2 aromatic rings. The van der Waals surface area contributed by atoms with Gasteiger partial charge >= 0.3 is 0 Å². The number of methoxy groups -OCH3 is 1. The topological polar surface area (TPSA) is 81.5 Å². The lowest BCUT2D eigenvalue weighted by Crippen LogP contribution is -2.09. The molecule has 0 aliphatic heterocycles. The van der Waals surface area contributed by atoms with Gasteiger partial charge in [-0.2, -0.15) is 0 Å². The zero-order valence-electron chi connectivity index (χ0n) is 12.5. The summed E-state index contributed by atoms with van der Waals surface area (Å²) in [5.74, 6) is 0.0930. The third kappa shape index (κ3) is 4.42. The number of hydrogen-bond acceptors (Lipinski definition) is 4. The predicted molar refractivity (Wildman–Crippen MR) is 99.2 cm³/mol. The summed E-state index contributed by atoms with van der Waals surface area (Å²) < 4.78 is 6.84. The van der Waals surface area contributed by atoms with Crippen LogP contribution >= 0.6 is 31.9 Å². The molecule has 0 aliphatic rings. The summed E-state index contributed by atoms with van der Waals surface area (Å²) in [6.07, 6.45) is 2.85. The van der Waals surface area contributed by atoms with Crippen LogP contribution in [0.15, 0.2) is 51.4 Å². The van der Waals surface area contributed by atoms with Crippen LogP contribution in [0.2, 0.25) is 0 Å². The van der Waals surface area contributed by atoms with Crippen molar-refractivity contribution < 1.29 is 14.5 Å². The van der Waals surface area contributed by atoms with Crippen LogP contribution in [0.1, 0.15) is 5.56 Å². The molecule has 2 rings (SSSR count). The maximum Gasteiger partial charge on any atom is 0.292 e. The second kappa shape index (κ2) is 8.07. The Kier molecular flexibility index (Phi) is 6.10. The van der Waals surface area contributed by atoms with Gasteiger partial charge in [0.15, 0.2) is 0 Å². The van der Waals surface area contributed by atoms with Crippen LogP contribution in [0.3, 0.4) is 0 Å². The molecule has 0 unspecified atom stereocenters. The fourth-order valence-corrected chi connectivity index (χ4v) is 3.42. The molecule has 0 saturated heterocycles. The first-order chi connectivity index (χ1) is 11.4. The van der Waals surface area contributed by atoms with E-state index in [-0.39, 0.29) is 11.4 Å². The summed E-state index contributed by atoms with van der Waals surface area (Å²) in [4.78, 5) is 22.4. The van der Waals surface area contributed by atoms with Gasteiger partial charge in [-0.3, -0.25) is 14.9 Å². The van der Waals surface area contributed by atoms with Crippen molar-refractivity contribution in [1.82, 2.24) is 0 Å². The molecule has 6 nitrogen and oxygen atoms in total. The third-order valence-corrected chi connectivity index (χ3v) is 4.06. The van der Waals surface area contributed by atoms with E-state index in [1.165, 1.54) is 31.4 Å². The number of anilines is 1. The SMILES string of the molecule is COc1c(Br)cc(Br)cc1/C=C/C(=O)Nc1ccccc1[N+](=O)[O-]. The second-order valence-corrected chi connectivity index (χ2v) is 6.38. The largest absolute Gasteiger partial charge is 0.495 e. The fraction of sp³-hybridized carbons (Fsp3) is 0.0625. The minimum Gasteiger partial charge on any atom is -0.495 e. The number of benzene rings is 2. The Morgan fingerprint density at radius 2 is 2.00 bits per heavy atom. The van der Waals surface area contributed by atoms with E-state index in [4.69, 9.17) is 4.74 Å². The molecule has 0 spiro atoms. The molecule has 0 radical (unpaired) electrons. The first kappa shape index (κ1) is 18.2. The average molecular weight is 456 g/mol. The van der Waals surface area contributed by atoms with Gasteiger partial charge in [-0.25, -0.2) is 0 Å². The Morgan fingerprint density at radius 1 is 1.29 bits per heavy atom. The van der Waals surface area contributed by atoms with Crippen molar-refractivity contribution in [3.8, 4) is 5.75 Å².